The van der Waals surface area contributed by atoms with Crippen LogP contribution in [0.3, 0.4) is 0 Å². The standard InChI is InChI=1S/C23H26F2N2O3/c1-2-19(16-6-4-3-5-7-16)23(29)27-12-10-18(11-13-27)26-22(28)15-30-21-9-8-17(24)14-20(21)25/h3-9,14,18-19H,2,10-13,15H2,1H3,(H,26,28). The van der Waals surface area contributed by atoms with E-state index in [2.05, 4.69) is 5.32 Å². The van der Waals surface area contributed by atoms with E-state index >= 15 is 0 Å². The number of nitrogens with one attached hydrogen (secondary N) is 1. The number of piperidine rings is 1. The lowest BCUT2D eigenvalue weighted by molar-refractivity contribution is -0.134. The minimum Gasteiger partial charge on any atom is -0.481 e. The maximum atomic E-state index is 13.6. The fourth-order valence-electron chi connectivity index (χ4n) is 3.71. The molecule has 1 N–H and O–H groups in total. The van der Waals surface area contributed by atoms with Crippen molar-refractivity contribution >= 4 is 11.8 Å². The topological polar surface area (TPSA) is 58.6 Å². The summed E-state index contributed by atoms with van der Waals surface area (Å²) in [4.78, 5) is 26.9. The van der Waals surface area contributed by atoms with Crippen LogP contribution < -0.4 is 10.1 Å². The molecule has 1 heterocycles. The Hall–Kier alpha value is -2.96. The minimum atomic E-state index is -0.849. The van der Waals surface area contributed by atoms with Crippen molar-refractivity contribution in [1.29, 1.82) is 0 Å². The van der Waals surface area contributed by atoms with Crippen LogP contribution >= 0.6 is 0 Å². The first-order valence-corrected chi connectivity index (χ1v) is 10.2. The first-order chi connectivity index (χ1) is 14.5. The third kappa shape index (κ3) is 5.55. The Bertz CT molecular complexity index is 868. The van der Waals surface area contributed by atoms with Gasteiger partial charge >= 0.3 is 0 Å². The number of carbonyl (C=O) groups excluding carboxylic acids is 2. The largest absolute Gasteiger partial charge is 0.481 e. The van der Waals surface area contributed by atoms with Gasteiger partial charge in [-0.25, -0.2) is 8.78 Å². The van der Waals surface area contributed by atoms with Gasteiger partial charge in [0.25, 0.3) is 5.91 Å². The molecule has 0 radical (unpaired) electrons. The predicted octanol–water partition coefficient (Wildman–Crippen LogP) is 3.64. The van der Waals surface area contributed by atoms with Crippen molar-refractivity contribution in [1.82, 2.24) is 10.2 Å². The molecular weight excluding hydrogens is 390 g/mol. The fourth-order valence-corrected chi connectivity index (χ4v) is 3.71. The summed E-state index contributed by atoms with van der Waals surface area (Å²) in [5, 5.41) is 2.86. The molecule has 1 fully saturated rings. The summed E-state index contributed by atoms with van der Waals surface area (Å²) in [6.07, 6.45) is 2.03. The van der Waals surface area contributed by atoms with Crippen molar-refractivity contribution in [3.05, 3.63) is 65.7 Å². The Balaban J connectivity index is 1.45. The number of amides is 2. The van der Waals surface area contributed by atoms with Crippen LogP contribution in [0.1, 0.15) is 37.7 Å². The molecule has 0 spiro atoms. The smallest absolute Gasteiger partial charge is 0.258 e. The number of likely N-dealkylation sites (tertiary alicyclic amines) is 1. The number of hydrogen-bond acceptors (Lipinski definition) is 3. The molecule has 1 aliphatic rings. The SMILES string of the molecule is CCC(C(=O)N1CCC(NC(=O)COc2ccc(F)cc2F)CC1)c1ccccc1. The molecule has 1 saturated heterocycles. The van der Waals surface area contributed by atoms with Crippen molar-refractivity contribution in [3.63, 3.8) is 0 Å². The Kier molecular flexibility index (Phi) is 7.38. The van der Waals surface area contributed by atoms with E-state index in [0.29, 0.717) is 32.0 Å². The number of nitrogens with zero attached hydrogens (tertiary/aromatic N) is 1. The second kappa shape index (κ2) is 10.2. The zero-order valence-electron chi connectivity index (χ0n) is 16.9. The summed E-state index contributed by atoms with van der Waals surface area (Å²) in [5.41, 5.74) is 1.02. The average Bonchev–Trinajstić information content (AvgIpc) is 2.75. The molecule has 1 unspecified atom stereocenters. The molecule has 2 aromatic carbocycles. The summed E-state index contributed by atoms with van der Waals surface area (Å²) in [6, 6.07) is 12.6. The zero-order chi connectivity index (χ0) is 21.5. The van der Waals surface area contributed by atoms with Gasteiger partial charge in [0, 0.05) is 25.2 Å². The number of halogens is 2. The van der Waals surface area contributed by atoms with Gasteiger partial charge < -0.3 is 15.0 Å². The van der Waals surface area contributed by atoms with E-state index in [9.17, 15) is 18.4 Å². The van der Waals surface area contributed by atoms with Crippen LogP contribution in [-0.2, 0) is 9.59 Å². The number of hydrogen-bond donors (Lipinski definition) is 1. The highest BCUT2D eigenvalue weighted by Crippen LogP contribution is 2.24. The van der Waals surface area contributed by atoms with E-state index in [1.165, 1.54) is 0 Å². The van der Waals surface area contributed by atoms with Gasteiger partial charge in [-0.3, -0.25) is 9.59 Å². The maximum absolute atomic E-state index is 13.6. The molecule has 5 nitrogen and oxygen atoms in total. The summed E-state index contributed by atoms with van der Waals surface area (Å²) in [5.74, 6) is -2.14. The minimum absolute atomic E-state index is 0.0694. The molecule has 1 atom stereocenters. The normalized spacial score (nSPS) is 15.5. The van der Waals surface area contributed by atoms with Crippen LogP contribution in [0.4, 0.5) is 8.78 Å². The number of benzene rings is 2. The van der Waals surface area contributed by atoms with Crippen LogP contribution in [-0.4, -0.2) is 42.5 Å². The van der Waals surface area contributed by atoms with Crippen molar-refractivity contribution in [2.45, 2.75) is 38.1 Å². The number of carbonyl (C=O) groups is 2. The van der Waals surface area contributed by atoms with Crippen molar-refractivity contribution in [2.75, 3.05) is 19.7 Å². The van der Waals surface area contributed by atoms with Crippen LogP contribution in [0.15, 0.2) is 48.5 Å². The molecule has 2 amide bonds. The van der Waals surface area contributed by atoms with Crippen LogP contribution in [0.5, 0.6) is 5.75 Å². The summed E-state index contributed by atoms with van der Waals surface area (Å²) in [7, 11) is 0. The molecule has 2 aromatic rings. The molecule has 30 heavy (non-hydrogen) atoms. The van der Waals surface area contributed by atoms with Gasteiger partial charge in [0.2, 0.25) is 5.91 Å². The Morgan fingerprint density at radius 3 is 2.47 bits per heavy atom. The summed E-state index contributed by atoms with van der Waals surface area (Å²) < 4.78 is 31.6. The molecular formula is C23H26F2N2O3. The van der Waals surface area contributed by atoms with Gasteiger partial charge in [0.1, 0.15) is 5.82 Å². The second-order valence-electron chi connectivity index (χ2n) is 7.40. The average molecular weight is 416 g/mol. The highest BCUT2D eigenvalue weighted by Gasteiger charge is 2.28. The molecule has 160 valence electrons. The predicted molar refractivity (Wildman–Crippen MR) is 109 cm³/mol. The molecule has 1 aliphatic heterocycles. The van der Waals surface area contributed by atoms with Crippen molar-refractivity contribution in [3.8, 4) is 5.75 Å². The van der Waals surface area contributed by atoms with Gasteiger partial charge in [-0.2, -0.15) is 0 Å². The monoisotopic (exact) mass is 416 g/mol. The van der Waals surface area contributed by atoms with E-state index in [1.807, 2.05) is 42.2 Å². The van der Waals surface area contributed by atoms with Crippen LogP contribution in [0, 0.1) is 11.6 Å². The van der Waals surface area contributed by atoms with Gasteiger partial charge in [-0.1, -0.05) is 37.3 Å². The first-order valence-electron chi connectivity index (χ1n) is 10.2. The lowest BCUT2D eigenvalue weighted by atomic mass is 9.93. The number of rotatable bonds is 7. The lowest BCUT2D eigenvalue weighted by Gasteiger charge is -2.34. The van der Waals surface area contributed by atoms with Gasteiger partial charge in [0.05, 0.1) is 5.92 Å². The fraction of sp³-hybridized carbons (Fsp3) is 0.391. The highest BCUT2D eigenvalue weighted by atomic mass is 19.1. The molecule has 0 aromatic heterocycles. The van der Waals surface area contributed by atoms with E-state index in [-0.39, 0.29) is 36.1 Å². The summed E-state index contributed by atoms with van der Waals surface area (Å²) >= 11 is 0. The second-order valence-corrected chi connectivity index (χ2v) is 7.40. The van der Waals surface area contributed by atoms with Crippen molar-refractivity contribution < 1.29 is 23.1 Å². The third-order valence-electron chi connectivity index (χ3n) is 5.33. The number of ether oxygens (including phenoxy) is 1. The lowest BCUT2D eigenvalue weighted by Crippen LogP contribution is -2.48. The van der Waals surface area contributed by atoms with E-state index < -0.39 is 11.6 Å². The van der Waals surface area contributed by atoms with E-state index in [1.54, 1.807) is 0 Å². The summed E-state index contributed by atoms with van der Waals surface area (Å²) in [6.45, 7) is 2.79. The van der Waals surface area contributed by atoms with E-state index in [4.69, 9.17) is 4.74 Å². The highest BCUT2D eigenvalue weighted by molar-refractivity contribution is 5.84. The molecule has 0 aliphatic carbocycles. The molecule has 0 bridgehead atoms. The Labute approximate surface area is 175 Å². The van der Waals surface area contributed by atoms with Crippen molar-refractivity contribution in [2.24, 2.45) is 0 Å². The van der Waals surface area contributed by atoms with Gasteiger partial charge in [-0.05, 0) is 37.0 Å². The zero-order valence-corrected chi connectivity index (χ0v) is 16.9. The van der Waals surface area contributed by atoms with Crippen LogP contribution in [0.2, 0.25) is 0 Å². The van der Waals surface area contributed by atoms with Gasteiger partial charge in [0.15, 0.2) is 18.2 Å². The van der Waals surface area contributed by atoms with Crippen LogP contribution in [0.25, 0.3) is 0 Å². The van der Waals surface area contributed by atoms with Gasteiger partial charge in [-0.15, -0.1) is 0 Å². The molecule has 0 saturated carbocycles. The maximum Gasteiger partial charge on any atom is 0.258 e. The van der Waals surface area contributed by atoms with E-state index in [0.717, 1.165) is 24.1 Å². The molecule has 7 heteroatoms. The molecule has 3 rings (SSSR count). The Morgan fingerprint density at radius 1 is 1.13 bits per heavy atom. The Morgan fingerprint density at radius 2 is 1.83 bits per heavy atom. The quantitative estimate of drug-likeness (QED) is 0.750. The third-order valence-corrected chi connectivity index (χ3v) is 5.33. The first kappa shape index (κ1) is 21.7.